The van der Waals surface area contributed by atoms with Crippen molar-refractivity contribution in [2.24, 2.45) is 0 Å². The van der Waals surface area contributed by atoms with Crippen LogP contribution < -0.4 is 10.6 Å². The smallest absolute Gasteiger partial charge is 0.308 e. The molecule has 0 aliphatic heterocycles. The number of esters is 1. The third kappa shape index (κ3) is 6.76. The molecule has 0 heterocycles. The summed E-state index contributed by atoms with van der Waals surface area (Å²) in [6, 6.07) is 12.0. The van der Waals surface area contributed by atoms with Gasteiger partial charge in [0.1, 0.15) is 0 Å². The van der Waals surface area contributed by atoms with Crippen molar-refractivity contribution in [2.45, 2.75) is 32.4 Å². The molecule has 2 aromatic carbocycles. The Balaban J connectivity index is 2.17. The number of carbonyl (C=O) groups excluding carboxylic acids is 2. The number of rotatable bonds is 9. The van der Waals surface area contributed by atoms with Gasteiger partial charge in [0.25, 0.3) is 5.69 Å². The molecular weight excluding hydrogens is 398 g/mol. The quantitative estimate of drug-likeness (QED) is 0.362. The Kier molecular flexibility index (Phi) is 7.97. The van der Waals surface area contributed by atoms with E-state index >= 15 is 0 Å². The van der Waals surface area contributed by atoms with Crippen LogP contribution in [0.4, 0.5) is 11.4 Å². The first-order valence-electron chi connectivity index (χ1n) is 8.98. The minimum absolute atomic E-state index is 0.125. The van der Waals surface area contributed by atoms with Crippen molar-refractivity contribution < 1.29 is 19.2 Å². The summed E-state index contributed by atoms with van der Waals surface area (Å²) in [6.07, 6.45) is -0.576. The maximum Gasteiger partial charge on any atom is 0.308 e. The van der Waals surface area contributed by atoms with Crippen LogP contribution in [-0.4, -0.2) is 29.4 Å². The second-order valence-electron chi connectivity index (χ2n) is 6.51. The average molecular weight is 420 g/mol. The normalized spacial score (nSPS) is 11.6. The highest BCUT2D eigenvalue weighted by Gasteiger charge is 2.26. The number of nitrogens with zero attached hydrogens (tertiary/aromatic N) is 1. The molecule has 0 aromatic heterocycles. The highest BCUT2D eigenvalue weighted by molar-refractivity contribution is 6.33. The van der Waals surface area contributed by atoms with Gasteiger partial charge in [-0.15, -0.1) is 0 Å². The van der Waals surface area contributed by atoms with Gasteiger partial charge in [0.15, 0.2) is 0 Å². The molecule has 0 bridgehead atoms. The molecule has 0 aliphatic rings. The molecule has 1 atom stereocenters. The topological polar surface area (TPSA) is 111 Å². The number of hydrogen-bond acceptors (Lipinski definition) is 6. The summed E-state index contributed by atoms with van der Waals surface area (Å²) < 4.78 is 5.14. The van der Waals surface area contributed by atoms with Crippen molar-refractivity contribution in [1.82, 2.24) is 5.32 Å². The summed E-state index contributed by atoms with van der Waals surface area (Å²) in [5, 5.41) is 17.4. The minimum Gasteiger partial charge on any atom is -0.463 e. The molecule has 2 rings (SSSR count). The molecule has 1 amide bonds. The molecule has 2 N–H and O–H groups in total. The number of para-hydroxylation sites is 2. The van der Waals surface area contributed by atoms with E-state index in [1.165, 1.54) is 18.2 Å². The Bertz CT molecular complexity index is 888. The lowest BCUT2D eigenvalue weighted by Gasteiger charge is -2.20. The Morgan fingerprint density at radius 1 is 1.14 bits per heavy atom. The van der Waals surface area contributed by atoms with Crippen LogP contribution in [0.3, 0.4) is 0 Å². The first-order valence-corrected chi connectivity index (χ1v) is 9.36. The second-order valence-corrected chi connectivity index (χ2v) is 6.92. The summed E-state index contributed by atoms with van der Waals surface area (Å²) in [5.74, 6) is -1.02. The van der Waals surface area contributed by atoms with Crippen molar-refractivity contribution in [1.29, 1.82) is 0 Å². The predicted molar refractivity (Wildman–Crippen MR) is 110 cm³/mol. The Morgan fingerprint density at radius 2 is 1.79 bits per heavy atom. The Hall–Kier alpha value is -3.13. The lowest BCUT2D eigenvalue weighted by molar-refractivity contribution is -0.385. The number of hydrogen-bond donors (Lipinski definition) is 2. The van der Waals surface area contributed by atoms with Crippen LogP contribution in [0.15, 0.2) is 48.5 Å². The van der Waals surface area contributed by atoms with Crippen LogP contribution in [0.5, 0.6) is 0 Å². The molecular formula is C20H22ClN3O5. The van der Waals surface area contributed by atoms with Gasteiger partial charge >= 0.3 is 5.97 Å². The summed E-state index contributed by atoms with van der Waals surface area (Å²) >= 11 is 6.05. The van der Waals surface area contributed by atoms with Crippen molar-refractivity contribution in [2.75, 3.05) is 11.9 Å². The van der Waals surface area contributed by atoms with Gasteiger partial charge in [0.05, 0.1) is 46.3 Å². The minimum atomic E-state index is -0.914. The van der Waals surface area contributed by atoms with Crippen LogP contribution in [0.1, 0.15) is 31.9 Å². The molecule has 0 fully saturated rings. The molecule has 0 aliphatic carbocycles. The summed E-state index contributed by atoms with van der Waals surface area (Å²) in [7, 11) is 0. The first kappa shape index (κ1) is 22.2. The fraction of sp³-hybridized carbons (Fsp3) is 0.300. The first-order chi connectivity index (χ1) is 13.8. The van der Waals surface area contributed by atoms with Crippen LogP contribution in [0.25, 0.3) is 0 Å². The Labute approximate surface area is 173 Å². The zero-order chi connectivity index (χ0) is 21.4. The number of anilines is 1. The highest BCUT2D eigenvalue weighted by Crippen LogP contribution is 2.27. The third-order valence-corrected chi connectivity index (χ3v) is 4.22. The average Bonchev–Trinajstić information content (AvgIpc) is 2.66. The van der Waals surface area contributed by atoms with Crippen LogP contribution in [-0.2, 0) is 14.3 Å². The van der Waals surface area contributed by atoms with E-state index in [4.69, 9.17) is 16.3 Å². The summed E-state index contributed by atoms with van der Waals surface area (Å²) in [6.45, 7) is 3.27. The number of halogens is 1. The largest absolute Gasteiger partial charge is 0.463 e. The van der Waals surface area contributed by atoms with E-state index in [0.717, 1.165) is 0 Å². The van der Waals surface area contributed by atoms with Gasteiger partial charge in [-0.2, -0.15) is 0 Å². The van der Waals surface area contributed by atoms with E-state index in [0.29, 0.717) is 10.7 Å². The van der Waals surface area contributed by atoms with E-state index in [2.05, 4.69) is 10.6 Å². The van der Waals surface area contributed by atoms with Crippen molar-refractivity contribution >= 4 is 34.9 Å². The maximum atomic E-state index is 12.5. The van der Waals surface area contributed by atoms with Gasteiger partial charge in [0.2, 0.25) is 5.91 Å². The monoisotopic (exact) mass is 419 g/mol. The standard InChI is InChI=1S/C20H22ClN3O5/c1-13(2)29-20(26)11-17(14-7-3-6-10-18(14)24(27)28)23-19(25)12-22-16-9-5-4-8-15(16)21/h3-10,13,17,22H,11-12H2,1-2H3,(H,23,25). The van der Waals surface area contributed by atoms with Gasteiger partial charge in [-0.25, -0.2) is 0 Å². The lowest BCUT2D eigenvalue weighted by Crippen LogP contribution is -2.35. The lowest BCUT2D eigenvalue weighted by atomic mass is 10.0. The molecule has 29 heavy (non-hydrogen) atoms. The van der Waals surface area contributed by atoms with Gasteiger partial charge < -0.3 is 15.4 Å². The second kappa shape index (κ2) is 10.4. The number of benzene rings is 2. The van der Waals surface area contributed by atoms with E-state index in [1.807, 2.05) is 0 Å². The molecule has 0 radical (unpaired) electrons. The number of carbonyl (C=O) groups is 2. The molecule has 0 spiro atoms. The SMILES string of the molecule is CC(C)OC(=O)CC(NC(=O)CNc1ccccc1Cl)c1ccccc1[N+](=O)[O-]. The van der Waals surface area contributed by atoms with Crippen LogP contribution >= 0.6 is 11.6 Å². The van der Waals surface area contributed by atoms with Crippen molar-refractivity contribution in [3.8, 4) is 0 Å². The van der Waals surface area contributed by atoms with Crippen LogP contribution in [0.2, 0.25) is 5.02 Å². The van der Waals surface area contributed by atoms with E-state index in [1.54, 1.807) is 44.2 Å². The van der Waals surface area contributed by atoms with Crippen molar-refractivity contribution in [3.05, 3.63) is 69.2 Å². The van der Waals surface area contributed by atoms with Crippen molar-refractivity contribution in [3.63, 3.8) is 0 Å². The fourth-order valence-corrected chi connectivity index (χ4v) is 2.89. The summed E-state index contributed by atoms with van der Waals surface area (Å²) in [4.78, 5) is 35.4. The number of ether oxygens (including phenoxy) is 1. The van der Waals surface area contributed by atoms with E-state index in [9.17, 15) is 19.7 Å². The number of nitro groups is 1. The van der Waals surface area contributed by atoms with Crippen LogP contribution in [0, 0.1) is 10.1 Å². The molecule has 2 aromatic rings. The molecule has 154 valence electrons. The third-order valence-electron chi connectivity index (χ3n) is 3.90. The summed E-state index contributed by atoms with van der Waals surface area (Å²) in [5.41, 5.74) is 0.615. The Morgan fingerprint density at radius 3 is 2.45 bits per heavy atom. The number of nitro benzene ring substituents is 1. The molecule has 0 saturated heterocycles. The fourth-order valence-electron chi connectivity index (χ4n) is 2.69. The maximum absolute atomic E-state index is 12.5. The van der Waals surface area contributed by atoms with E-state index < -0.39 is 22.8 Å². The number of amides is 1. The number of nitrogens with one attached hydrogen (secondary N) is 2. The molecule has 8 nitrogen and oxygen atoms in total. The van der Waals surface area contributed by atoms with Gasteiger partial charge in [-0.05, 0) is 26.0 Å². The van der Waals surface area contributed by atoms with Gasteiger partial charge in [-0.1, -0.05) is 41.9 Å². The molecule has 1 unspecified atom stereocenters. The van der Waals surface area contributed by atoms with Gasteiger partial charge in [-0.3, -0.25) is 19.7 Å². The zero-order valence-corrected chi connectivity index (χ0v) is 16.8. The highest BCUT2D eigenvalue weighted by atomic mass is 35.5. The predicted octanol–water partition coefficient (Wildman–Crippen LogP) is 3.86. The molecule has 0 saturated carbocycles. The van der Waals surface area contributed by atoms with E-state index in [-0.39, 0.29) is 30.3 Å². The molecule has 9 heteroatoms. The zero-order valence-electron chi connectivity index (χ0n) is 16.1. The van der Waals surface area contributed by atoms with Gasteiger partial charge in [0, 0.05) is 6.07 Å².